The van der Waals surface area contributed by atoms with Gasteiger partial charge in [0.05, 0.1) is 5.56 Å². The van der Waals surface area contributed by atoms with Crippen molar-refractivity contribution in [1.82, 2.24) is 0 Å². The van der Waals surface area contributed by atoms with Crippen LogP contribution in [-0.2, 0) is 0 Å². The van der Waals surface area contributed by atoms with E-state index in [-0.39, 0.29) is 11.5 Å². The summed E-state index contributed by atoms with van der Waals surface area (Å²) in [5.41, 5.74) is 7.46. The van der Waals surface area contributed by atoms with Crippen LogP contribution in [0.15, 0.2) is 42.5 Å². The minimum absolute atomic E-state index is 0.0160. The van der Waals surface area contributed by atoms with Crippen molar-refractivity contribution in [3.05, 3.63) is 59.4 Å². The van der Waals surface area contributed by atoms with Crippen LogP contribution in [0.5, 0.6) is 0 Å². The molecule has 0 spiro atoms. The number of carbonyl (C=O) groups is 1. The summed E-state index contributed by atoms with van der Waals surface area (Å²) in [5, 5.41) is 2.75. The van der Waals surface area contributed by atoms with E-state index < -0.39 is 11.7 Å². The summed E-state index contributed by atoms with van der Waals surface area (Å²) < 4.78 is 13.7. The fraction of sp³-hybridized carbons (Fsp3) is 0.188. The molecule has 2 aromatic carbocycles. The zero-order valence-corrected chi connectivity index (χ0v) is 11.5. The molecule has 20 heavy (non-hydrogen) atoms. The van der Waals surface area contributed by atoms with Gasteiger partial charge in [0.15, 0.2) is 0 Å². The summed E-state index contributed by atoms with van der Waals surface area (Å²) >= 11 is 0. The molecule has 0 heterocycles. The van der Waals surface area contributed by atoms with Crippen molar-refractivity contribution in [1.29, 1.82) is 0 Å². The van der Waals surface area contributed by atoms with Crippen molar-refractivity contribution >= 4 is 17.3 Å². The molecule has 0 aliphatic rings. The third-order valence-corrected chi connectivity index (χ3v) is 3.07. The predicted octanol–water partition coefficient (Wildman–Crippen LogP) is 3.78. The number of nitrogens with one attached hydrogen (secondary N) is 1. The SMILES string of the molecule is CC(C)c1ccccc1NC(=O)c1ccc(N)cc1F. The average molecular weight is 272 g/mol. The zero-order chi connectivity index (χ0) is 14.7. The molecule has 2 rings (SSSR count). The highest BCUT2D eigenvalue weighted by molar-refractivity contribution is 6.05. The van der Waals surface area contributed by atoms with E-state index in [9.17, 15) is 9.18 Å². The number of hydrogen-bond donors (Lipinski definition) is 2. The zero-order valence-electron chi connectivity index (χ0n) is 11.5. The molecule has 0 aromatic heterocycles. The lowest BCUT2D eigenvalue weighted by molar-refractivity contribution is 0.102. The van der Waals surface area contributed by atoms with Crippen LogP contribution in [0.2, 0.25) is 0 Å². The van der Waals surface area contributed by atoms with Crippen LogP contribution in [0.4, 0.5) is 15.8 Å². The van der Waals surface area contributed by atoms with Gasteiger partial charge < -0.3 is 11.1 Å². The predicted molar refractivity (Wildman–Crippen MR) is 79.3 cm³/mol. The summed E-state index contributed by atoms with van der Waals surface area (Å²) in [6.45, 7) is 4.07. The monoisotopic (exact) mass is 272 g/mol. The van der Waals surface area contributed by atoms with Gasteiger partial charge in [0.1, 0.15) is 5.82 Å². The van der Waals surface area contributed by atoms with E-state index in [1.807, 2.05) is 38.1 Å². The summed E-state index contributed by atoms with van der Waals surface area (Å²) in [7, 11) is 0. The first kappa shape index (κ1) is 14.1. The summed E-state index contributed by atoms with van der Waals surface area (Å²) in [6.07, 6.45) is 0. The molecular formula is C16H17FN2O. The van der Waals surface area contributed by atoms with E-state index in [2.05, 4.69) is 5.32 Å². The summed E-state index contributed by atoms with van der Waals surface area (Å²) in [4.78, 5) is 12.1. The van der Waals surface area contributed by atoms with E-state index >= 15 is 0 Å². The van der Waals surface area contributed by atoms with Gasteiger partial charge in [-0.2, -0.15) is 0 Å². The van der Waals surface area contributed by atoms with E-state index in [4.69, 9.17) is 5.73 Å². The first-order valence-electron chi connectivity index (χ1n) is 6.44. The van der Waals surface area contributed by atoms with Gasteiger partial charge in [-0.25, -0.2) is 4.39 Å². The van der Waals surface area contributed by atoms with Crippen LogP contribution in [-0.4, -0.2) is 5.91 Å². The number of nitrogens with two attached hydrogens (primary N) is 1. The number of benzene rings is 2. The third-order valence-electron chi connectivity index (χ3n) is 3.07. The Labute approximate surface area is 117 Å². The van der Waals surface area contributed by atoms with Crippen LogP contribution in [0.1, 0.15) is 35.7 Å². The third kappa shape index (κ3) is 2.96. The van der Waals surface area contributed by atoms with Crippen LogP contribution in [0, 0.1) is 5.82 Å². The molecule has 0 saturated heterocycles. The Bertz CT molecular complexity index is 638. The lowest BCUT2D eigenvalue weighted by Gasteiger charge is -2.14. The highest BCUT2D eigenvalue weighted by atomic mass is 19.1. The molecule has 0 atom stereocenters. The smallest absolute Gasteiger partial charge is 0.258 e. The minimum atomic E-state index is -0.621. The molecule has 0 bridgehead atoms. The van der Waals surface area contributed by atoms with Gasteiger partial charge in [0, 0.05) is 11.4 Å². The van der Waals surface area contributed by atoms with Crippen LogP contribution >= 0.6 is 0 Å². The first-order valence-corrected chi connectivity index (χ1v) is 6.44. The van der Waals surface area contributed by atoms with Crippen molar-refractivity contribution in [2.75, 3.05) is 11.1 Å². The first-order chi connectivity index (χ1) is 9.49. The summed E-state index contributed by atoms with van der Waals surface area (Å²) in [6, 6.07) is 11.5. The van der Waals surface area contributed by atoms with Gasteiger partial charge in [-0.3, -0.25) is 4.79 Å². The Morgan fingerprint density at radius 2 is 1.90 bits per heavy atom. The standard InChI is InChI=1S/C16H17FN2O/c1-10(2)12-5-3-4-6-15(12)19-16(20)13-8-7-11(18)9-14(13)17/h3-10H,18H2,1-2H3,(H,19,20). The van der Waals surface area contributed by atoms with Crippen LogP contribution in [0.3, 0.4) is 0 Å². The second kappa shape index (κ2) is 5.74. The number of para-hydroxylation sites is 1. The van der Waals surface area contributed by atoms with Gasteiger partial charge >= 0.3 is 0 Å². The average Bonchev–Trinajstić information content (AvgIpc) is 2.38. The molecule has 3 nitrogen and oxygen atoms in total. The van der Waals surface area contributed by atoms with E-state index in [1.54, 1.807) is 0 Å². The van der Waals surface area contributed by atoms with Crippen LogP contribution in [0.25, 0.3) is 0 Å². The van der Waals surface area contributed by atoms with Crippen molar-refractivity contribution in [3.8, 4) is 0 Å². The van der Waals surface area contributed by atoms with Crippen molar-refractivity contribution < 1.29 is 9.18 Å². The maximum Gasteiger partial charge on any atom is 0.258 e. The molecule has 0 radical (unpaired) electrons. The van der Waals surface area contributed by atoms with E-state index in [0.717, 1.165) is 11.6 Å². The fourth-order valence-electron chi connectivity index (χ4n) is 2.02. The number of rotatable bonds is 3. The molecular weight excluding hydrogens is 255 g/mol. The molecule has 3 N–H and O–H groups in total. The van der Waals surface area contributed by atoms with Crippen molar-refractivity contribution in [3.63, 3.8) is 0 Å². The lowest BCUT2D eigenvalue weighted by atomic mass is 10.0. The molecule has 0 saturated carbocycles. The molecule has 0 aliphatic carbocycles. The van der Waals surface area contributed by atoms with Gasteiger partial charge in [0.2, 0.25) is 0 Å². The molecule has 4 heteroatoms. The largest absolute Gasteiger partial charge is 0.399 e. The number of anilines is 2. The molecule has 0 unspecified atom stereocenters. The van der Waals surface area contributed by atoms with Crippen molar-refractivity contribution in [2.45, 2.75) is 19.8 Å². The Kier molecular flexibility index (Phi) is 4.03. The molecule has 1 amide bonds. The minimum Gasteiger partial charge on any atom is -0.399 e. The maximum atomic E-state index is 13.7. The van der Waals surface area contributed by atoms with Crippen molar-refractivity contribution in [2.24, 2.45) is 0 Å². The molecule has 0 aliphatic heterocycles. The fourth-order valence-corrected chi connectivity index (χ4v) is 2.02. The van der Waals surface area contributed by atoms with Gasteiger partial charge in [0.25, 0.3) is 5.91 Å². The van der Waals surface area contributed by atoms with Crippen LogP contribution < -0.4 is 11.1 Å². The molecule has 2 aromatic rings. The Morgan fingerprint density at radius 3 is 2.55 bits per heavy atom. The highest BCUT2D eigenvalue weighted by Crippen LogP contribution is 2.24. The molecule has 104 valence electrons. The molecule has 0 fully saturated rings. The number of halogens is 1. The second-order valence-electron chi connectivity index (χ2n) is 4.94. The van der Waals surface area contributed by atoms with Gasteiger partial charge in [-0.15, -0.1) is 0 Å². The van der Waals surface area contributed by atoms with Gasteiger partial charge in [-0.05, 0) is 35.7 Å². The number of hydrogen-bond acceptors (Lipinski definition) is 2. The Balaban J connectivity index is 2.28. The quantitative estimate of drug-likeness (QED) is 0.835. The Hall–Kier alpha value is -2.36. The second-order valence-corrected chi connectivity index (χ2v) is 4.94. The summed E-state index contributed by atoms with van der Waals surface area (Å²) in [5.74, 6) is -0.831. The highest BCUT2D eigenvalue weighted by Gasteiger charge is 2.14. The normalized spacial score (nSPS) is 10.6. The van der Waals surface area contributed by atoms with E-state index in [0.29, 0.717) is 11.4 Å². The number of amides is 1. The van der Waals surface area contributed by atoms with E-state index in [1.165, 1.54) is 12.1 Å². The topological polar surface area (TPSA) is 55.1 Å². The number of nitrogen functional groups attached to an aromatic ring is 1. The Morgan fingerprint density at radius 1 is 1.20 bits per heavy atom. The van der Waals surface area contributed by atoms with Gasteiger partial charge in [-0.1, -0.05) is 32.0 Å². The lowest BCUT2D eigenvalue weighted by Crippen LogP contribution is -2.15. The maximum absolute atomic E-state index is 13.7. The number of carbonyl (C=O) groups excluding carboxylic acids is 1.